The summed E-state index contributed by atoms with van der Waals surface area (Å²) in [5.74, 6) is 3.09. The monoisotopic (exact) mass is 296 g/mol. The highest BCUT2D eigenvalue weighted by atomic mass is 32.2. The summed E-state index contributed by atoms with van der Waals surface area (Å²) in [6.45, 7) is 0.863. The van der Waals surface area contributed by atoms with E-state index >= 15 is 0 Å². The van der Waals surface area contributed by atoms with Gasteiger partial charge >= 0.3 is 0 Å². The van der Waals surface area contributed by atoms with E-state index in [0.717, 1.165) is 30.2 Å². The van der Waals surface area contributed by atoms with Crippen molar-refractivity contribution in [1.29, 1.82) is 0 Å². The summed E-state index contributed by atoms with van der Waals surface area (Å²) in [6.07, 6.45) is 0.934. The van der Waals surface area contributed by atoms with Crippen molar-refractivity contribution in [3.05, 3.63) is 23.3 Å². The van der Waals surface area contributed by atoms with Gasteiger partial charge in [-0.25, -0.2) is 0 Å². The molecule has 5 nitrogen and oxygen atoms in total. The summed E-state index contributed by atoms with van der Waals surface area (Å²) in [4.78, 5) is 5.81. The second kappa shape index (κ2) is 5.81. The number of methoxy groups -OCH3 is 2. The van der Waals surface area contributed by atoms with Crippen LogP contribution in [0.5, 0.6) is 11.5 Å². The predicted octanol–water partition coefficient (Wildman–Crippen LogP) is 1.57. The molecule has 3 rings (SSSR count). The van der Waals surface area contributed by atoms with Gasteiger partial charge in [-0.15, -0.1) is 11.8 Å². The van der Waals surface area contributed by atoms with Gasteiger partial charge in [-0.2, -0.15) is 5.06 Å². The number of hydrogen-bond acceptors (Lipinski definition) is 6. The van der Waals surface area contributed by atoms with E-state index in [-0.39, 0.29) is 12.1 Å². The summed E-state index contributed by atoms with van der Waals surface area (Å²) in [6, 6.07) is 4.26. The topological polar surface area (TPSA) is 57.0 Å². The Kier molecular flexibility index (Phi) is 4.07. The number of rotatable bonds is 2. The smallest absolute Gasteiger partial charge is 0.161 e. The number of hydroxylamine groups is 2. The van der Waals surface area contributed by atoms with Crippen LogP contribution < -0.4 is 15.2 Å². The lowest BCUT2D eigenvalue weighted by atomic mass is 9.90. The molecule has 0 bridgehead atoms. The molecule has 2 N–H and O–H groups in total. The molecule has 1 aromatic rings. The van der Waals surface area contributed by atoms with E-state index in [9.17, 15) is 0 Å². The third kappa shape index (κ3) is 2.37. The summed E-state index contributed by atoms with van der Waals surface area (Å²) >= 11 is 1.74. The minimum absolute atomic E-state index is 0.0552. The third-order valence-corrected chi connectivity index (χ3v) is 4.79. The molecule has 0 amide bonds. The molecule has 1 saturated heterocycles. The quantitative estimate of drug-likeness (QED) is 0.894. The molecule has 2 aliphatic rings. The Morgan fingerprint density at radius 3 is 2.80 bits per heavy atom. The molecular formula is C14H20N2O3S. The largest absolute Gasteiger partial charge is 0.493 e. The molecule has 2 aliphatic heterocycles. The SMILES string of the molecule is COc1cc2c(cc1OC)C1C(N)CSCON1CC2. The summed E-state index contributed by atoms with van der Waals surface area (Å²) in [5, 5.41) is 2.03. The van der Waals surface area contributed by atoms with Gasteiger partial charge in [0.25, 0.3) is 0 Å². The van der Waals surface area contributed by atoms with Crippen LogP contribution in [0.3, 0.4) is 0 Å². The Balaban J connectivity index is 2.05. The van der Waals surface area contributed by atoms with Crippen LogP contribution in [0.25, 0.3) is 0 Å². The lowest BCUT2D eigenvalue weighted by molar-refractivity contribution is -0.175. The molecule has 0 aromatic heterocycles. The van der Waals surface area contributed by atoms with E-state index in [1.54, 1.807) is 26.0 Å². The molecule has 0 aliphatic carbocycles. The molecule has 2 unspecified atom stereocenters. The molecule has 0 spiro atoms. The maximum atomic E-state index is 6.35. The van der Waals surface area contributed by atoms with Crippen molar-refractivity contribution < 1.29 is 14.3 Å². The molecule has 0 saturated carbocycles. The van der Waals surface area contributed by atoms with Crippen molar-refractivity contribution in [3.8, 4) is 11.5 Å². The lowest BCUT2D eigenvalue weighted by Gasteiger charge is -2.37. The molecule has 20 heavy (non-hydrogen) atoms. The number of fused-ring (bicyclic) bond motifs is 3. The molecule has 2 heterocycles. The Bertz CT molecular complexity index is 498. The molecule has 1 fully saturated rings. The maximum absolute atomic E-state index is 6.35. The van der Waals surface area contributed by atoms with Gasteiger partial charge in [0.1, 0.15) is 5.94 Å². The molecule has 0 radical (unpaired) electrons. The van der Waals surface area contributed by atoms with Crippen LogP contribution in [0.4, 0.5) is 0 Å². The van der Waals surface area contributed by atoms with Crippen LogP contribution in [-0.4, -0.2) is 43.6 Å². The number of thioether (sulfide) groups is 1. The molecular weight excluding hydrogens is 276 g/mol. The Labute approximate surface area is 123 Å². The third-order valence-electron chi connectivity index (χ3n) is 3.89. The van der Waals surface area contributed by atoms with Crippen molar-refractivity contribution in [1.82, 2.24) is 5.06 Å². The standard InChI is InChI=1S/C14H20N2O3S/c1-17-12-5-9-3-4-16-14(10(9)6-13(12)18-2)11(15)7-20-8-19-16/h5-6,11,14H,3-4,7-8,15H2,1-2H3. The highest BCUT2D eigenvalue weighted by Gasteiger charge is 2.35. The zero-order valence-electron chi connectivity index (χ0n) is 11.8. The molecule has 1 aromatic carbocycles. The van der Waals surface area contributed by atoms with Crippen molar-refractivity contribution in [2.24, 2.45) is 5.73 Å². The van der Waals surface area contributed by atoms with Crippen molar-refractivity contribution >= 4 is 11.8 Å². The van der Waals surface area contributed by atoms with Gasteiger partial charge in [-0.05, 0) is 29.7 Å². The van der Waals surface area contributed by atoms with Gasteiger partial charge in [0.05, 0.1) is 20.3 Å². The average molecular weight is 296 g/mol. The Morgan fingerprint density at radius 2 is 2.05 bits per heavy atom. The zero-order chi connectivity index (χ0) is 14.1. The Hall–Kier alpha value is -0.950. The van der Waals surface area contributed by atoms with Crippen LogP contribution in [0, 0.1) is 0 Å². The number of benzene rings is 1. The van der Waals surface area contributed by atoms with E-state index < -0.39 is 0 Å². The van der Waals surface area contributed by atoms with Gasteiger partial charge in [0.15, 0.2) is 11.5 Å². The van der Waals surface area contributed by atoms with Crippen LogP contribution in [-0.2, 0) is 11.3 Å². The summed E-state index contributed by atoms with van der Waals surface area (Å²) < 4.78 is 10.8. The van der Waals surface area contributed by atoms with Gasteiger partial charge in [-0.1, -0.05) is 0 Å². The zero-order valence-corrected chi connectivity index (χ0v) is 12.6. The second-order valence-corrected chi connectivity index (χ2v) is 6.00. The van der Waals surface area contributed by atoms with E-state index in [1.807, 2.05) is 11.1 Å². The first-order valence-electron chi connectivity index (χ1n) is 6.72. The predicted molar refractivity (Wildman–Crippen MR) is 79.1 cm³/mol. The van der Waals surface area contributed by atoms with E-state index in [2.05, 4.69) is 6.07 Å². The maximum Gasteiger partial charge on any atom is 0.161 e. The molecule has 2 atom stereocenters. The van der Waals surface area contributed by atoms with E-state index in [4.69, 9.17) is 20.0 Å². The van der Waals surface area contributed by atoms with Gasteiger partial charge < -0.3 is 15.2 Å². The fourth-order valence-corrected chi connectivity index (χ4v) is 3.68. The molecule has 110 valence electrons. The second-order valence-electron chi connectivity index (χ2n) is 5.02. The first-order chi connectivity index (χ1) is 9.74. The fraction of sp³-hybridized carbons (Fsp3) is 0.571. The van der Waals surface area contributed by atoms with Gasteiger partial charge in [0.2, 0.25) is 0 Å². The normalized spacial score (nSPS) is 26.4. The minimum atomic E-state index is 0.0552. The van der Waals surface area contributed by atoms with Crippen molar-refractivity contribution in [2.75, 3.05) is 32.5 Å². The highest BCUT2D eigenvalue weighted by molar-refractivity contribution is 7.99. The number of nitrogens with zero attached hydrogens (tertiary/aromatic N) is 1. The van der Waals surface area contributed by atoms with Crippen LogP contribution in [0.2, 0.25) is 0 Å². The fourth-order valence-electron chi connectivity index (χ4n) is 2.92. The van der Waals surface area contributed by atoms with Crippen molar-refractivity contribution in [3.63, 3.8) is 0 Å². The first kappa shape index (κ1) is 14.0. The summed E-state index contributed by atoms with van der Waals surface area (Å²) in [5.41, 5.74) is 8.82. The van der Waals surface area contributed by atoms with Gasteiger partial charge in [-0.3, -0.25) is 4.84 Å². The number of nitrogens with two attached hydrogens (primary N) is 1. The highest BCUT2D eigenvalue weighted by Crippen LogP contribution is 2.40. The molecule has 6 heteroatoms. The minimum Gasteiger partial charge on any atom is -0.493 e. The van der Waals surface area contributed by atoms with Gasteiger partial charge in [0, 0.05) is 18.3 Å². The van der Waals surface area contributed by atoms with Crippen LogP contribution in [0.1, 0.15) is 17.2 Å². The van der Waals surface area contributed by atoms with Crippen LogP contribution >= 0.6 is 11.8 Å². The van der Waals surface area contributed by atoms with Crippen molar-refractivity contribution in [2.45, 2.75) is 18.5 Å². The average Bonchev–Trinajstić information content (AvgIpc) is 2.67. The summed E-state index contributed by atoms with van der Waals surface area (Å²) in [7, 11) is 3.32. The lowest BCUT2D eigenvalue weighted by Crippen LogP contribution is -2.44. The van der Waals surface area contributed by atoms with E-state index in [1.165, 1.54) is 11.1 Å². The number of hydrogen-bond donors (Lipinski definition) is 1. The van der Waals surface area contributed by atoms with E-state index in [0.29, 0.717) is 5.94 Å². The Morgan fingerprint density at radius 1 is 1.30 bits per heavy atom. The van der Waals surface area contributed by atoms with Crippen LogP contribution in [0.15, 0.2) is 12.1 Å². The first-order valence-corrected chi connectivity index (χ1v) is 7.87. The number of ether oxygens (including phenoxy) is 2.